The number of Topliss-reactive ketones (excluding diaryl/α,β-unsaturated/α-hetero) is 1. The topological polar surface area (TPSA) is 17.1 Å². The number of rotatable bonds is 1. The lowest BCUT2D eigenvalue weighted by Gasteiger charge is -2.48. The molecule has 2 bridgehead atoms. The summed E-state index contributed by atoms with van der Waals surface area (Å²) in [4.78, 5) is 11.3. The van der Waals surface area contributed by atoms with Crippen molar-refractivity contribution < 1.29 is 4.79 Å². The fourth-order valence-electron chi connectivity index (χ4n) is 3.12. The molecule has 0 aliphatic heterocycles. The lowest BCUT2D eigenvalue weighted by atomic mass is 9.56. The quantitative estimate of drug-likeness (QED) is 0.585. The first-order valence-electron chi connectivity index (χ1n) is 5.11. The van der Waals surface area contributed by atoms with Gasteiger partial charge in [-0.15, -0.1) is 0 Å². The molecule has 0 saturated heterocycles. The van der Waals surface area contributed by atoms with E-state index in [0.717, 1.165) is 5.92 Å². The number of hydrogen-bond donors (Lipinski definition) is 0. The van der Waals surface area contributed by atoms with Crippen LogP contribution in [0.5, 0.6) is 0 Å². The molecule has 3 aliphatic carbocycles. The molecule has 0 aromatic carbocycles. The molecule has 3 saturated carbocycles. The van der Waals surface area contributed by atoms with Crippen molar-refractivity contribution in [1.29, 1.82) is 0 Å². The SMILES string of the molecule is CC(=O)C1CC2(C)CCC1CC2. The second kappa shape index (κ2) is 2.58. The molecule has 1 nitrogen and oxygen atoms in total. The van der Waals surface area contributed by atoms with E-state index in [1.54, 1.807) is 6.92 Å². The van der Waals surface area contributed by atoms with E-state index in [9.17, 15) is 4.79 Å². The van der Waals surface area contributed by atoms with Crippen LogP contribution < -0.4 is 0 Å². The summed E-state index contributed by atoms with van der Waals surface area (Å²) in [5, 5.41) is 0. The second-order valence-corrected chi connectivity index (χ2v) is 5.07. The largest absolute Gasteiger partial charge is 0.300 e. The Morgan fingerprint density at radius 2 is 1.92 bits per heavy atom. The average molecular weight is 166 g/mol. The average Bonchev–Trinajstić information content (AvgIpc) is 2.04. The molecule has 0 aromatic heterocycles. The van der Waals surface area contributed by atoms with E-state index in [2.05, 4.69) is 6.92 Å². The summed E-state index contributed by atoms with van der Waals surface area (Å²) < 4.78 is 0. The van der Waals surface area contributed by atoms with E-state index >= 15 is 0 Å². The predicted molar refractivity (Wildman–Crippen MR) is 48.9 cm³/mol. The van der Waals surface area contributed by atoms with Crippen molar-refractivity contribution in [2.24, 2.45) is 17.3 Å². The third kappa shape index (κ3) is 1.19. The van der Waals surface area contributed by atoms with E-state index in [-0.39, 0.29) is 0 Å². The molecule has 0 aromatic rings. The molecule has 3 fully saturated rings. The fraction of sp³-hybridized carbons (Fsp3) is 0.909. The van der Waals surface area contributed by atoms with Crippen molar-refractivity contribution in [1.82, 2.24) is 0 Å². The van der Waals surface area contributed by atoms with Crippen LogP contribution in [0.3, 0.4) is 0 Å². The van der Waals surface area contributed by atoms with Gasteiger partial charge in [0.1, 0.15) is 5.78 Å². The highest BCUT2D eigenvalue weighted by molar-refractivity contribution is 5.78. The van der Waals surface area contributed by atoms with Crippen LogP contribution in [-0.4, -0.2) is 5.78 Å². The molecule has 12 heavy (non-hydrogen) atoms. The van der Waals surface area contributed by atoms with Gasteiger partial charge in [-0.3, -0.25) is 4.79 Å². The Hall–Kier alpha value is -0.330. The van der Waals surface area contributed by atoms with Crippen molar-refractivity contribution in [2.45, 2.75) is 46.0 Å². The van der Waals surface area contributed by atoms with E-state index in [0.29, 0.717) is 17.1 Å². The van der Waals surface area contributed by atoms with Crippen LogP contribution in [0.2, 0.25) is 0 Å². The first kappa shape index (κ1) is 8.28. The number of fused-ring (bicyclic) bond motifs is 3. The maximum Gasteiger partial charge on any atom is 0.133 e. The lowest BCUT2D eigenvalue weighted by molar-refractivity contribution is -0.128. The van der Waals surface area contributed by atoms with Gasteiger partial charge in [0.15, 0.2) is 0 Å². The molecule has 0 N–H and O–H groups in total. The summed E-state index contributed by atoms with van der Waals surface area (Å²) >= 11 is 0. The minimum Gasteiger partial charge on any atom is -0.300 e. The highest BCUT2D eigenvalue weighted by atomic mass is 16.1. The Labute approximate surface area is 74.5 Å². The summed E-state index contributed by atoms with van der Waals surface area (Å²) in [7, 11) is 0. The second-order valence-electron chi connectivity index (χ2n) is 5.07. The van der Waals surface area contributed by atoms with Crippen LogP contribution in [0.4, 0.5) is 0 Å². The van der Waals surface area contributed by atoms with Crippen LogP contribution in [0, 0.1) is 17.3 Å². The first-order chi connectivity index (χ1) is 5.61. The standard InChI is InChI=1S/C11H18O/c1-8(12)10-7-11(2)5-3-9(10)4-6-11/h9-10H,3-7H2,1-2H3. The maximum atomic E-state index is 11.3. The van der Waals surface area contributed by atoms with E-state index in [4.69, 9.17) is 0 Å². The van der Waals surface area contributed by atoms with Crippen molar-refractivity contribution >= 4 is 5.78 Å². The van der Waals surface area contributed by atoms with Crippen LogP contribution in [0.1, 0.15) is 46.0 Å². The molecule has 1 unspecified atom stereocenters. The first-order valence-corrected chi connectivity index (χ1v) is 5.11. The van der Waals surface area contributed by atoms with E-state index in [1.165, 1.54) is 32.1 Å². The monoisotopic (exact) mass is 166 g/mol. The van der Waals surface area contributed by atoms with E-state index in [1.807, 2.05) is 0 Å². The Morgan fingerprint density at radius 1 is 1.33 bits per heavy atom. The molecule has 0 heterocycles. The van der Waals surface area contributed by atoms with Crippen molar-refractivity contribution in [3.63, 3.8) is 0 Å². The van der Waals surface area contributed by atoms with Crippen LogP contribution in [0.15, 0.2) is 0 Å². The highest BCUT2D eigenvalue weighted by Gasteiger charge is 2.44. The van der Waals surface area contributed by atoms with Gasteiger partial charge >= 0.3 is 0 Å². The Kier molecular flexibility index (Phi) is 1.78. The summed E-state index contributed by atoms with van der Waals surface area (Å²) in [6, 6.07) is 0. The molecular weight excluding hydrogens is 148 g/mol. The molecule has 3 aliphatic rings. The van der Waals surface area contributed by atoms with Gasteiger partial charge in [0.05, 0.1) is 0 Å². The number of carbonyl (C=O) groups excluding carboxylic acids is 1. The van der Waals surface area contributed by atoms with Crippen LogP contribution >= 0.6 is 0 Å². The summed E-state index contributed by atoms with van der Waals surface area (Å²) in [6.07, 6.45) is 6.51. The van der Waals surface area contributed by atoms with Gasteiger partial charge in [-0.1, -0.05) is 6.92 Å². The molecule has 0 amide bonds. The minimum absolute atomic E-state index is 0.414. The number of hydrogen-bond acceptors (Lipinski definition) is 1. The summed E-state index contributed by atoms with van der Waals surface area (Å²) in [5.41, 5.74) is 0.519. The normalized spacial score (nSPS) is 46.2. The predicted octanol–water partition coefficient (Wildman–Crippen LogP) is 2.79. The van der Waals surface area contributed by atoms with Gasteiger partial charge in [-0.05, 0) is 50.4 Å². The Morgan fingerprint density at radius 3 is 2.25 bits per heavy atom. The molecule has 0 radical (unpaired) electrons. The van der Waals surface area contributed by atoms with Gasteiger partial charge in [-0.25, -0.2) is 0 Å². The minimum atomic E-state index is 0.414. The van der Waals surface area contributed by atoms with Gasteiger partial charge < -0.3 is 0 Å². The number of ketones is 1. The zero-order valence-electron chi connectivity index (χ0n) is 8.10. The molecule has 1 atom stereocenters. The van der Waals surface area contributed by atoms with Crippen LogP contribution in [0.25, 0.3) is 0 Å². The third-order valence-corrected chi connectivity index (χ3v) is 4.04. The zero-order chi connectivity index (χ0) is 8.77. The number of carbonyl (C=O) groups is 1. The van der Waals surface area contributed by atoms with Crippen molar-refractivity contribution in [3.05, 3.63) is 0 Å². The van der Waals surface area contributed by atoms with Crippen LogP contribution in [-0.2, 0) is 4.79 Å². The van der Waals surface area contributed by atoms with Crippen molar-refractivity contribution in [2.75, 3.05) is 0 Å². The fourth-order valence-corrected chi connectivity index (χ4v) is 3.12. The van der Waals surface area contributed by atoms with E-state index < -0.39 is 0 Å². The van der Waals surface area contributed by atoms with Gasteiger partial charge in [0.25, 0.3) is 0 Å². The zero-order valence-corrected chi connectivity index (χ0v) is 8.10. The Bertz CT molecular complexity index is 199. The highest BCUT2D eigenvalue weighted by Crippen LogP contribution is 2.52. The van der Waals surface area contributed by atoms with Gasteiger partial charge in [0.2, 0.25) is 0 Å². The van der Waals surface area contributed by atoms with Gasteiger partial charge in [0, 0.05) is 5.92 Å². The third-order valence-electron chi connectivity index (χ3n) is 4.04. The maximum absolute atomic E-state index is 11.3. The lowest BCUT2D eigenvalue weighted by Crippen LogP contribution is -2.40. The van der Waals surface area contributed by atoms with Crippen molar-refractivity contribution in [3.8, 4) is 0 Å². The summed E-state index contributed by atoms with van der Waals surface area (Å²) in [5.74, 6) is 1.59. The molecular formula is C11H18O. The smallest absolute Gasteiger partial charge is 0.133 e. The molecule has 68 valence electrons. The Balaban J connectivity index is 2.16. The summed E-state index contributed by atoms with van der Waals surface area (Å²) in [6.45, 7) is 4.13. The van der Waals surface area contributed by atoms with Gasteiger partial charge in [-0.2, -0.15) is 0 Å². The molecule has 3 rings (SSSR count). The molecule has 0 spiro atoms. The molecule has 1 heteroatoms.